The summed E-state index contributed by atoms with van der Waals surface area (Å²) in [5.74, 6) is 0.596. The first kappa shape index (κ1) is 20.8. The Morgan fingerprint density at radius 3 is 2.61 bits per heavy atom. The van der Waals surface area contributed by atoms with Gasteiger partial charge in [0.1, 0.15) is 10.8 Å². The third kappa shape index (κ3) is 4.51. The zero-order valence-corrected chi connectivity index (χ0v) is 18.6. The molecule has 0 saturated carbocycles. The Labute approximate surface area is 185 Å². The van der Waals surface area contributed by atoms with Gasteiger partial charge in [-0.05, 0) is 32.9 Å². The number of amides is 1. The molecule has 1 aliphatic heterocycles. The molecule has 31 heavy (non-hydrogen) atoms. The average Bonchev–Trinajstić information content (AvgIpc) is 3.27. The lowest BCUT2D eigenvalue weighted by atomic mass is 10.1. The molecule has 2 heterocycles. The Morgan fingerprint density at radius 2 is 1.84 bits per heavy atom. The van der Waals surface area contributed by atoms with Crippen LogP contribution in [0, 0.1) is 6.92 Å². The quantitative estimate of drug-likeness (QED) is 0.519. The van der Waals surface area contributed by atoms with Crippen molar-refractivity contribution in [1.82, 2.24) is 9.99 Å². The van der Waals surface area contributed by atoms with Crippen molar-refractivity contribution in [3.05, 3.63) is 76.3 Å². The van der Waals surface area contributed by atoms with E-state index in [4.69, 9.17) is 9.72 Å². The molecule has 2 aromatic carbocycles. The van der Waals surface area contributed by atoms with Crippen molar-refractivity contribution in [2.75, 3.05) is 11.9 Å². The molecule has 158 valence electrons. The minimum absolute atomic E-state index is 0.145. The number of hydrogen-bond donors (Lipinski definition) is 1. The second-order valence-electron chi connectivity index (χ2n) is 7.06. The molecule has 4 rings (SSSR count). The van der Waals surface area contributed by atoms with Crippen molar-refractivity contribution in [2.45, 2.75) is 27.3 Å². The van der Waals surface area contributed by atoms with Gasteiger partial charge >= 0.3 is 0 Å². The molecule has 1 aliphatic rings. The number of thiazole rings is 1. The standard InChI is InChI=1S/C24H24N4O2S/c1-4-30-21-13-9-8-12-20(21)25-14-19-16(2)27-28(24(19)29)15-22-26-23(17(3)31-22)18-10-6-5-7-11-18/h5-14,25H,4,15H2,1-3H3/b19-14+. The van der Waals surface area contributed by atoms with Crippen LogP contribution in [0.4, 0.5) is 5.69 Å². The maximum atomic E-state index is 13.0. The van der Waals surface area contributed by atoms with Gasteiger partial charge in [0, 0.05) is 16.6 Å². The third-order valence-corrected chi connectivity index (χ3v) is 5.81. The highest BCUT2D eigenvalue weighted by Crippen LogP contribution is 2.29. The van der Waals surface area contributed by atoms with Crippen molar-refractivity contribution >= 4 is 28.6 Å². The number of rotatable bonds is 7. The van der Waals surface area contributed by atoms with E-state index in [9.17, 15) is 4.79 Å². The molecule has 0 fully saturated rings. The third-order valence-electron chi connectivity index (χ3n) is 4.86. The van der Waals surface area contributed by atoms with E-state index >= 15 is 0 Å². The lowest BCUT2D eigenvalue weighted by Crippen LogP contribution is -2.22. The van der Waals surface area contributed by atoms with Crippen LogP contribution in [0.5, 0.6) is 5.75 Å². The number of ether oxygens (including phenoxy) is 1. The summed E-state index contributed by atoms with van der Waals surface area (Å²) in [6.45, 7) is 6.74. The molecular formula is C24H24N4O2S. The van der Waals surface area contributed by atoms with Crippen molar-refractivity contribution in [1.29, 1.82) is 0 Å². The van der Waals surface area contributed by atoms with Crippen LogP contribution >= 0.6 is 11.3 Å². The van der Waals surface area contributed by atoms with Gasteiger partial charge in [0.05, 0.1) is 35.8 Å². The van der Waals surface area contributed by atoms with Crippen molar-refractivity contribution < 1.29 is 9.53 Å². The fourth-order valence-corrected chi connectivity index (χ4v) is 4.31. The molecule has 0 spiro atoms. The van der Waals surface area contributed by atoms with Crippen LogP contribution in [0.3, 0.4) is 0 Å². The van der Waals surface area contributed by atoms with Gasteiger partial charge in [-0.25, -0.2) is 9.99 Å². The summed E-state index contributed by atoms with van der Waals surface area (Å²) < 4.78 is 5.63. The number of benzene rings is 2. The molecular weight excluding hydrogens is 408 g/mol. The Hall–Kier alpha value is -3.45. The van der Waals surface area contributed by atoms with Crippen molar-refractivity contribution in [2.24, 2.45) is 5.10 Å². The van der Waals surface area contributed by atoms with E-state index in [1.807, 2.05) is 68.4 Å². The zero-order valence-electron chi connectivity index (χ0n) is 17.8. The number of nitrogens with zero attached hydrogens (tertiary/aromatic N) is 3. The first-order valence-electron chi connectivity index (χ1n) is 10.1. The lowest BCUT2D eigenvalue weighted by Gasteiger charge is -2.11. The van der Waals surface area contributed by atoms with Crippen LogP contribution < -0.4 is 10.1 Å². The number of carbonyl (C=O) groups excluding carboxylic acids is 1. The van der Waals surface area contributed by atoms with Crippen LogP contribution in [-0.2, 0) is 11.3 Å². The molecule has 7 heteroatoms. The SMILES string of the molecule is CCOc1ccccc1N/C=C1/C(=O)N(Cc2nc(-c3ccccc3)c(C)s2)N=C1C. The second kappa shape index (κ2) is 9.14. The summed E-state index contributed by atoms with van der Waals surface area (Å²) in [5.41, 5.74) is 4.04. The summed E-state index contributed by atoms with van der Waals surface area (Å²) in [5, 5.41) is 9.98. The van der Waals surface area contributed by atoms with Gasteiger partial charge in [-0.15, -0.1) is 11.3 Å². The Morgan fingerprint density at radius 1 is 1.10 bits per heavy atom. The molecule has 0 unspecified atom stereocenters. The van der Waals surface area contributed by atoms with Crippen LogP contribution in [0.2, 0.25) is 0 Å². The number of aryl methyl sites for hydroxylation is 1. The average molecular weight is 433 g/mol. The Bertz CT molecular complexity index is 1150. The molecule has 0 atom stereocenters. The highest BCUT2D eigenvalue weighted by molar-refractivity contribution is 7.12. The molecule has 1 aromatic heterocycles. The molecule has 1 amide bonds. The first-order valence-corrected chi connectivity index (χ1v) is 11.0. The molecule has 3 aromatic rings. The first-order chi connectivity index (χ1) is 15.1. The van der Waals surface area contributed by atoms with E-state index in [1.165, 1.54) is 5.01 Å². The van der Waals surface area contributed by atoms with Crippen LogP contribution in [0.1, 0.15) is 23.7 Å². The van der Waals surface area contributed by atoms with E-state index in [0.29, 0.717) is 24.4 Å². The maximum Gasteiger partial charge on any atom is 0.277 e. The lowest BCUT2D eigenvalue weighted by molar-refractivity contribution is -0.126. The van der Waals surface area contributed by atoms with Gasteiger partial charge in [-0.3, -0.25) is 4.79 Å². The van der Waals surface area contributed by atoms with Gasteiger partial charge < -0.3 is 10.1 Å². The molecule has 0 saturated heterocycles. The normalized spacial score (nSPS) is 14.8. The summed E-state index contributed by atoms with van der Waals surface area (Å²) in [4.78, 5) is 18.8. The molecule has 0 radical (unpaired) electrons. The van der Waals surface area contributed by atoms with Crippen LogP contribution in [0.15, 0.2) is 71.5 Å². The van der Waals surface area contributed by atoms with Gasteiger partial charge in [0.15, 0.2) is 0 Å². The topological polar surface area (TPSA) is 66.8 Å². The fourth-order valence-electron chi connectivity index (χ4n) is 3.38. The number of carbonyl (C=O) groups is 1. The largest absolute Gasteiger partial charge is 0.492 e. The minimum atomic E-state index is -0.145. The summed E-state index contributed by atoms with van der Waals surface area (Å²) >= 11 is 1.59. The summed E-state index contributed by atoms with van der Waals surface area (Å²) in [6, 6.07) is 17.7. The van der Waals surface area contributed by atoms with E-state index in [1.54, 1.807) is 17.5 Å². The van der Waals surface area contributed by atoms with E-state index in [-0.39, 0.29) is 5.91 Å². The highest BCUT2D eigenvalue weighted by Gasteiger charge is 2.28. The number of nitrogens with one attached hydrogen (secondary N) is 1. The Balaban J connectivity index is 1.49. The van der Waals surface area contributed by atoms with E-state index in [0.717, 1.165) is 32.6 Å². The predicted molar refractivity (Wildman–Crippen MR) is 125 cm³/mol. The molecule has 0 aliphatic carbocycles. The minimum Gasteiger partial charge on any atom is -0.492 e. The number of hydrogen-bond acceptors (Lipinski definition) is 6. The van der Waals surface area contributed by atoms with Crippen LogP contribution in [-0.4, -0.2) is 28.2 Å². The van der Waals surface area contributed by atoms with Gasteiger partial charge in [-0.2, -0.15) is 5.10 Å². The number of hydrazone groups is 1. The number of aromatic nitrogens is 1. The van der Waals surface area contributed by atoms with E-state index < -0.39 is 0 Å². The number of anilines is 1. The summed E-state index contributed by atoms with van der Waals surface area (Å²) in [6.07, 6.45) is 1.70. The number of para-hydroxylation sites is 2. The van der Waals surface area contributed by atoms with Crippen LogP contribution in [0.25, 0.3) is 11.3 Å². The molecule has 1 N–H and O–H groups in total. The van der Waals surface area contributed by atoms with Gasteiger partial charge in [-0.1, -0.05) is 42.5 Å². The van der Waals surface area contributed by atoms with Gasteiger partial charge in [0.2, 0.25) is 0 Å². The summed E-state index contributed by atoms with van der Waals surface area (Å²) in [7, 11) is 0. The Kier molecular flexibility index (Phi) is 6.13. The van der Waals surface area contributed by atoms with Gasteiger partial charge in [0.25, 0.3) is 5.91 Å². The fraction of sp³-hybridized carbons (Fsp3) is 0.208. The maximum absolute atomic E-state index is 13.0. The molecule has 0 bridgehead atoms. The van der Waals surface area contributed by atoms with Crippen molar-refractivity contribution in [3.63, 3.8) is 0 Å². The van der Waals surface area contributed by atoms with Crippen molar-refractivity contribution in [3.8, 4) is 17.0 Å². The van der Waals surface area contributed by atoms with E-state index in [2.05, 4.69) is 17.3 Å². The highest BCUT2D eigenvalue weighted by atomic mass is 32.1. The second-order valence-corrected chi connectivity index (χ2v) is 8.35. The predicted octanol–water partition coefficient (Wildman–Crippen LogP) is 5.23. The molecule has 6 nitrogen and oxygen atoms in total. The smallest absolute Gasteiger partial charge is 0.277 e. The monoisotopic (exact) mass is 432 g/mol. The zero-order chi connectivity index (χ0) is 21.8.